The molecular weight excluding hydrogens is 387 g/mol. The summed E-state index contributed by atoms with van der Waals surface area (Å²) < 4.78 is 18.9. The molecule has 1 aliphatic rings. The Balaban J connectivity index is 1.56. The van der Waals surface area contributed by atoms with E-state index in [2.05, 4.69) is 5.32 Å². The number of hydrogen-bond donors (Lipinski definition) is 1. The molecule has 2 aromatic carbocycles. The molecule has 0 bridgehead atoms. The van der Waals surface area contributed by atoms with Gasteiger partial charge in [0.25, 0.3) is 5.91 Å². The lowest BCUT2D eigenvalue weighted by atomic mass is 10.1. The van der Waals surface area contributed by atoms with Crippen LogP contribution in [0.4, 0.5) is 10.1 Å². The van der Waals surface area contributed by atoms with Gasteiger partial charge in [-0.2, -0.15) is 0 Å². The maximum Gasteiger partial charge on any atom is 0.312 e. The van der Waals surface area contributed by atoms with Gasteiger partial charge in [-0.25, -0.2) is 4.39 Å². The number of halogens is 1. The number of nitrogens with zero attached hydrogens (tertiary/aromatic N) is 1. The summed E-state index contributed by atoms with van der Waals surface area (Å²) in [7, 11) is 0. The van der Waals surface area contributed by atoms with Crippen molar-refractivity contribution in [2.24, 2.45) is 5.92 Å². The zero-order valence-electron chi connectivity index (χ0n) is 17.2. The summed E-state index contributed by atoms with van der Waals surface area (Å²) in [5.41, 5.74) is 1.73. The maximum absolute atomic E-state index is 13.6. The standard InChI is InChI=1S/C23H25FN2O4/c1-14-9-10-19(12-20(14)24)25-22(28)16(3)30-23(29)18-11-21(27)26(13-18)15(2)17-7-5-4-6-8-17/h4-10,12,15-16,18H,11,13H2,1-3H3,(H,25,28)/t15-,16-,18-/m0/s1. The first-order chi connectivity index (χ1) is 14.3. The largest absolute Gasteiger partial charge is 0.452 e. The maximum atomic E-state index is 13.6. The van der Waals surface area contributed by atoms with Crippen molar-refractivity contribution in [2.75, 3.05) is 11.9 Å². The molecule has 30 heavy (non-hydrogen) atoms. The van der Waals surface area contributed by atoms with Gasteiger partial charge in [-0.05, 0) is 44.0 Å². The Kier molecular flexibility index (Phi) is 6.50. The number of ether oxygens (including phenoxy) is 1. The number of likely N-dealkylation sites (tertiary alicyclic amines) is 1. The number of anilines is 1. The van der Waals surface area contributed by atoms with Crippen molar-refractivity contribution in [1.29, 1.82) is 0 Å². The molecule has 3 atom stereocenters. The summed E-state index contributed by atoms with van der Waals surface area (Å²) in [6, 6.07) is 13.7. The van der Waals surface area contributed by atoms with E-state index in [1.54, 1.807) is 24.0 Å². The quantitative estimate of drug-likeness (QED) is 0.736. The Labute approximate surface area is 175 Å². The van der Waals surface area contributed by atoms with Crippen LogP contribution in [0.1, 0.15) is 37.4 Å². The van der Waals surface area contributed by atoms with Gasteiger partial charge in [0.1, 0.15) is 5.82 Å². The molecule has 0 radical (unpaired) electrons. The van der Waals surface area contributed by atoms with Crippen LogP contribution in [-0.4, -0.2) is 35.3 Å². The van der Waals surface area contributed by atoms with Gasteiger partial charge in [0.15, 0.2) is 6.10 Å². The van der Waals surface area contributed by atoms with E-state index in [4.69, 9.17) is 4.74 Å². The van der Waals surface area contributed by atoms with E-state index in [1.807, 2.05) is 37.3 Å². The Morgan fingerprint density at radius 1 is 1.17 bits per heavy atom. The van der Waals surface area contributed by atoms with Gasteiger partial charge in [-0.3, -0.25) is 14.4 Å². The number of rotatable bonds is 6. The van der Waals surface area contributed by atoms with Crippen molar-refractivity contribution in [3.05, 3.63) is 65.5 Å². The normalized spacial score (nSPS) is 18.1. The molecule has 3 rings (SSSR count). The minimum atomic E-state index is -1.07. The molecule has 0 spiro atoms. The van der Waals surface area contributed by atoms with Crippen LogP contribution in [0.5, 0.6) is 0 Å². The van der Waals surface area contributed by atoms with Gasteiger partial charge >= 0.3 is 5.97 Å². The van der Waals surface area contributed by atoms with Gasteiger partial charge in [0.05, 0.1) is 12.0 Å². The average molecular weight is 412 g/mol. The van der Waals surface area contributed by atoms with Crippen LogP contribution in [0.2, 0.25) is 0 Å². The predicted octanol–water partition coefficient (Wildman–Crippen LogP) is 3.61. The Bertz CT molecular complexity index is 947. The van der Waals surface area contributed by atoms with E-state index in [0.29, 0.717) is 5.56 Å². The summed E-state index contributed by atoms with van der Waals surface area (Å²) in [5.74, 6) is -2.35. The van der Waals surface area contributed by atoms with E-state index in [0.717, 1.165) is 5.56 Å². The molecule has 0 saturated carbocycles. The molecule has 2 aromatic rings. The summed E-state index contributed by atoms with van der Waals surface area (Å²) in [5, 5.41) is 2.53. The summed E-state index contributed by atoms with van der Waals surface area (Å²) in [4.78, 5) is 38.9. The van der Waals surface area contributed by atoms with E-state index in [1.165, 1.54) is 13.0 Å². The third kappa shape index (κ3) is 4.84. The second kappa shape index (κ2) is 9.07. The molecule has 0 aliphatic carbocycles. The number of nitrogens with one attached hydrogen (secondary N) is 1. The minimum Gasteiger partial charge on any atom is -0.452 e. The Hall–Kier alpha value is -3.22. The molecule has 0 unspecified atom stereocenters. The average Bonchev–Trinajstić information content (AvgIpc) is 3.12. The Morgan fingerprint density at radius 2 is 1.87 bits per heavy atom. The second-order valence-electron chi connectivity index (χ2n) is 7.57. The molecule has 1 N–H and O–H groups in total. The minimum absolute atomic E-state index is 0.0491. The fourth-order valence-corrected chi connectivity index (χ4v) is 3.41. The van der Waals surface area contributed by atoms with E-state index >= 15 is 0 Å². The number of carbonyl (C=O) groups excluding carboxylic acids is 3. The monoisotopic (exact) mass is 412 g/mol. The van der Waals surface area contributed by atoms with Gasteiger partial charge in [0.2, 0.25) is 5.91 Å². The van der Waals surface area contributed by atoms with Gasteiger partial charge in [-0.15, -0.1) is 0 Å². The molecule has 1 heterocycles. The number of carbonyl (C=O) groups is 3. The van der Waals surface area contributed by atoms with Crippen LogP contribution >= 0.6 is 0 Å². The van der Waals surface area contributed by atoms with Gasteiger partial charge < -0.3 is 15.0 Å². The van der Waals surface area contributed by atoms with Crippen molar-refractivity contribution in [3.8, 4) is 0 Å². The van der Waals surface area contributed by atoms with Crippen LogP contribution in [0.25, 0.3) is 0 Å². The van der Waals surface area contributed by atoms with Crippen molar-refractivity contribution in [3.63, 3.8) is 0 Å². The third-order valence-corrected chi connectivity index (χ3v) is 5.34. The lowest BCUT2D eigenvalue weighted by Gasteiger charge is -2.25. The zero-order valence-corrected chi connectivity index (χ0v) is 17.2. The highest BCUT2D eigenvalue weighted by molar-refractivity contribution is 5.95. The number of esters is 1. The van der Waals surface area contributed by atoms with E-state index in [-0.39, 0.29) is 30.6 Å². The van der Waals surface area contributed by atoms with E-state index in [9.17, 15) is 18.8 Å². The van der Waals surface area contributed by atoms with Crippen LogP contribution < -0.4 is 5.32 Å². The lowest BCUT2D eigenvalue weighted by Crippen LogP contribution is -2.33. The van der Waals surface area contributed by atoms with Crippen molar-refractivity contribution >= 4 is 23.5 Å². The van der Waals surface area contributed by atoms with Crippen molar-refractivity contribution in [2.45, 2.75) is 39.3 Å². The molecule has 1 aliphatic heterocycles. The molecule has 1 saturated heterocycles. The highest BCUT2D eigenvalue weighted by Gasteiger charge is 2.38. The number of aryl methyl sites for hydroxylation is 1. The number of hydrogen-bond acceptors (Lipinski definition) is 4. The SMILES string of the molecule is Cc1ccc(NC(=O)[C@H](C)OC(=O)[C@H]2CC(=O)N([C@@H](C)c3ccccc3)C2)cc1F. The number of benzene rings is 2. The van der Waals surface area contributed by atoms with Gasteiger partial charge in [0, 0.05) is 18.7 Å². The van der Waals surface area contributed by atoms with Crippen molar-refractivity contribution < 1.29 is 23.5 Å². The third-order valence-electron chi connectivity index (χ3n) is 5.34. The van der Waals surface area contributed by atoms with Crippen LogP contribution in [0.3, 0.4) is 0 Å². The molecule has 2 amide bonds. The van der Waals surface area contributed by atoms with Crippen LogP contribution in [-0.2, 0) is 19.1 Å². The first-order valence-electron chi connectivity index (χ1n) is 9.88. The summed E-state index contributed by atoms with van der Waals surface area (Å²) in [6.07, 6.45) is -1.02. The van der Waals surface area contributed by atoms with Crippen LogP contribution in [0.15, 0.2) is 48.5 Å². The van der Waals surface area contributed by atoms with E-state index < -0.39 is 29.7 Å². The second-order valence-corrected chi connectivity index (χ2v) is 7.57. The highest BCUT2D eigenvalue weighted by Crippen LogP contribution is 2.29. The molecule has 6 nitrogen and oxygen atoms in total. The molecule has 7 heteroatoms. The fourth-order valence-electron chi connectivity index (χ4n) is 3.41. The fraction of sp³-hybridized carbons (Fsp3) is 0.348. The Morgan fingerprint density at radius 3 is 2.53 bits per heavy atom. The number of amides is 2. The summed E-state index contributed by atoms with van der Waals surface area (Å²) in [6.45, 7) is 5.22. The lowest BCUT2D eigenvalue weighted by molar-refractivity contribution is -0.157. The summed E-state index contributed by atoms with van der Waals surface area (Å²) >= 11 is 0. The smallest absolute Gasteiger partial charge is 0.312 e. The molecule has 1 fully saturated rings. The zero-order chi connectivity index (χ0) is 21.8. The highest BCUT2D eigenvalue weighted by atomic mass is 19.1. The molecular formula is C23H25FN2O4. The topological polar surface area (TPSA) is 75.7 Å². The van der Waals surface area contributed by atoms with Crippen molar-refractivity contribution in [1.82, 2.24) is 4.90 Å². The van der Waals surface area contributed by atoms with Crippen LogP contribution in [0, 0.1) is 18.7 Å². The molecule has 158 valence electrons. The molecule has 0 aromatic heterocycles. The first kappa shape index (κ1) is 21.5. The predicted molar refractivity (Wildman–Crippen MR) is 110 cm³/mol. The first-order valence-corrected chi connectivity index (χ1v) is 9.88. The van der Waals surface area contributed by atoms with Gasteiger partial charge in [-0.1, -0.05) is 36.4 Å².